The van der Waals surface area contributed by atoms with Crippen LogP contribution in [0.3, 0.4) is 0 Å². The van der Waals surface area contributed by atoms with Gasteiger partial charge in [-0.2, -0.15) is 4.98 Å². The molecule has 7 nitrogen and oxygen atoms in total. The molecule has 0 amide bonds. The number of nitrogens with zero attached hydrogens (tertiary/aromatic N) is 5. The lowest BCUT2D eigenvalue weighted by molar-refractivity contribution is 0.363. The molecule has 0 radical (unpaired) electrons. The Kier molecular flexibility index (Phi) is 5.47. The molecule has 2 aromatic rings. The molecule has 134 valence electrons. The van der Waals surface area contributed by atoms with Crippen LogP contribution in [0.1, 0.15) is 11.7 Å². The Morgan fingerprint density at radius 2 is 2.04 bits per heavy atom. The van der Waals surface area contributed by atoms with Crippen molar-refractivity contribution in [3.05, 3.63) is 41.8 Å². The molecule has 0 atom stereocenters. The zero-order valence-electron chi connectivity index (χ0n) is 14.6. The lowest BCUT2D eigenvalue weighted by Crippen LogP contribution is -2.53. The van der Waals surface area contributed by atoms with Gasteiger partial charge < -0.3 is 19.6 Å². The smallest absolute Gasteiger partial charge is 0.228 e. The summed E-state index contributed by atoms with van der Waals surface area (Å²) in [5.74, 6) is 1.92. The number of para-hydroxylation sites is 1. The van der Waals surface area contributed by atoms with Crippen LogP contribution in [-0.4, -0.2) is 60.8 Å². The number of aryl methyl sites for hydroxylation is 1. The maximum Gasteiger partial charge on any atom is 0.228 e. The van der Waals surface area contributed by atoms with E-state index < -0.39 is 0 Å². The lowest BCUT2D eigenvalue weighted by atomic mass is 10.2. The Hall–Kier alpha value is -2.64. The largest absolute Gasteiger partial charge is 0.366 e. The Morgan fingerprint density at radius 3 is 2.68 bits per heavy atom. The molecule has 1 aliphatic heterocycles. The summed E-state index contributed by atoms with van der Waals surface area (Å²) < 4.78 is 19.0. The molecule has 3 rings (SSSR count). The first-order valence-corrected chi connectivity index (χ1v) is 8.41. The van der Waals surface area contributed by atoms with Crippen LogP contribution in [-0.2, 0) is 6.42 Å². The third-order valence-electron chi connectivity index (χ3n) is 4.18. The number of aliphatic imine (C=N–C) groups is 1. The van der Waals surface area contributed by atoms with Gasteiger partial charge in [-0.3, -0.25) is 4.99 Å². The molecular weight excluding hydrogens is 323 g/mol. The van der Waals surface area contributed by atoms with E-state index in [9.17, 15) is 4.39 Å². The minimum atomic E-state index is -0.173. The Labute approximate surface area is 146 Å². The third-order valence-corrected chi connectivity index (χ3v) is 4.18. The van der Waals surface area contributed by atoms with E-state index >= 15 is 0 Å². The maximum atomic E-state index is 13.9. The van der Waals surface area contributed by atoms with Crippen molar-refractivity contribution in [1.82, 2.24) is 20.4 Å². The highest BCUT2D eigenvalue weighted by molar-refractivity contribution is 5.80. The minimum Gasteiger partial charge on any atom is -0.366 e. The summed E-state index contributed by atoms with van der Waals surface area (Å²) in [5, 5.41) is 7.10. The molecule has 0 unspecified atom stereocenters. The molecule has 1 aromatic carbocycles. The monoisotopic (exact) mass is 346 g/mol. The number of nitrogens with one attached hydrogen (secondary N) is 1. The Morgan fingerprint density at radius 1 is 1.28 bits per heavy atom. The highest BCUT2D eigenvalue weighted by Crippen LogP contribution is 2.20. The lowest BCUT2D eigenvalue weighted by Gasteiger charge is -2.37. The van der Waals surface area contributed by atoms with Crippen LogP contribution >= 0.6 is 0 Å². The van der Waals surface area contributed by atoms with Gasteiger partial charge in [-0.25, -0.2) is 4.39 Å². The van der Waals surface area contributed by atoms with E-state index in [1.165, 1.54) is 6.07 Å². The number of piperazine rings is 1. The molecule has 1 aromatic heterocycles. The number of guanidine groups is 1. The predicted octanol–water partition coefficient (Wildman–Crippen LogP) is 1.46. The van der Waals surface area contributed by atoms with E-state index in [1.54, 1.807) is 20.0 Å². The zero-order chi connectivity index (χ0) is 17.6. The van der Waals surface area contributed by atoms with Crippen molar-refractivity contribution < 1.29 is 8.91 Å². The zero-order valence-corrected chi connectivity index (χ0v) is 14.6. The van der Waals surface area contributed by atoms with Crippen LogP contribution in [0.5, 0.6) is 0 Å². The van der Waals surface area contributed by atoms with Crippen LogP contribution in [0.25, 0.3) is 0 Å². The van der Waals surface area contributed by atoms with Crippen LogP contribution < -0.4 is 10.2 Å². The van der Waals surface area contributed by atoms with Crippen LogP contribution in [0.4, 0.5) is 10.1 Å². The van der Waals surface area contributed by atoms with Gasteiger partial charge in [0.2, 0.25) is 5.89 Å². The average Bonchev–Trinajstić information content (AvgIpc) is 3.05. The molecular formula is C17H23FN6O. The van der Waals surface area contributed by atoms with E-state index in [0.29, 0.717) is 30.4 Å². The minimum absolute atomic E-state index is 0.173. The maximum absolute atomic E-state index is 13.9. The molecule has 0 aliphatic carbocycles. The molecule has 0 spiro atoms. The first kappa shape index (κ1) is 17.2. The summed E-state index contributed by atoms with van der Waals surface area (Å²) in [6.45, 7) is 5.55. The number of rotatable bonds is 4. The third kappa shape index (κ3) is 4.26. The van der Waals surface area contributed by atoms with Crippen molar-refractivity contribution in [2.24, 2.45) is 4.99 Å². The SMILES string of the molecule is CN=C(NCCc1nc(C)no1)N1CCN(c2ccccc2F)CC1. The number of anilines is 1. The first-order valence-electron chi connectivity index (χ1n) is 8.41. The van der Waals surface area contributed by atoms with E-state index in [1.807, 2.05) is 12.1 Å². The molecule has 2 heterocycles. The van der Waals surface area contributed by atoms with Crippen LogP contribution in [0.2, 0.25) is 0 Å². The molecule has 1 N–H and O–H groups in total. The van der Waals surface area contributed by atoms with Crippen LogP contribution in [0.15, 0.2) is 33.8 Å². The van der Waals surface area contributed by atoms with E-state index in [2.05, 4.69) is 30.2 Å². The fourth-order valence-corrected chi connectivity index (χ4v) is 2.92. The van der Waals surface area contributed by atoms with Gasteiger partial charge in [-0.15, -0.1) is 0 Å². The van der Waals surface area contributed by atoms with Gasteiger partial charge in [-0.05, 0) is 19.1 Å². The molecule has 8 heteroatoms. The highest BCUT2D eigenvalue weighted by Gasteiger charge is 2.21. The van der Waals surface area contributed by atoms with E-state index in [4.69, 9.17) is 4.52 Å². The average molecular weight is 346 g/mol. The van der Waals surface area contributed by atoms with Gasteiger partial charge in [0, 0.05) is 46.2 Å². The number of benzene rings is 1. The molecule has 1 fully saturated rings. The topological polar surface area (TPSA) is 69.8 Å². The number of hydrogen-bond acceptors (Lipinski definition) is 5. The molecule has 1 aliphatic rings. The second kappa shape index (κ2) is 7.96. The van der Waals surface area contributed by atoms with Gasteiger partial charge in [0.15, 0.2) is 11.8 Å². The second-order valence-corrected chi connectivity index (χ2v) is 5.88. The van der Waals surface area contributed by atoms with Gasteiger partial charge >= 0.3 is 0 Å². The van der Waals surface area contributed by atoms with Gasteiger partial charge in [0.05, 0.1) is 5.69 Å². The van der Waals surface area contributed by atoms with Crippen molar-refractivity contribution >= 4 is 11.6 Å². The fourth-order valence-electron chi connectivity index (χ4n) is 2.92. The fraction of sp³-hybridized carbons (Fsp3) is 0.471. The number of hydrogen-bond donors (Lipinski definition) is 1. The van der Waals surface area contributed by atoms with Gasteiger partial charge in [0.25, 0.3) is 0 Å². The summed E-state index contributed by atoms with van der Waals surface area (Å²) in [5.41, 5.74) is 0.664. The van der Waals surface area contributed by atoms with Crippen molar-refractivity contribution in [2.45, 2.75) is 13.3 Å². The Bertz CT molecular complexity index is 723. The highest BCUT2D eigenvalue weighted by atomic mass is 19.1. The van der Waals surface area contributed by atoms with E-state index in [0.717, 1.165) is 32.1 Å². The standard InChI is InChI=1S/C17H23FN6O/c1-13-21-16(25-22-13)7-8-20-17(19-2)24-11-9-23(10-12-24)15-6-4-3-5-14(15)18/h3-6H,7-12H2,1-2H3,(H,19,20). The summed E-state index contributed by atoms with van der Waals surface area (Å²) in [6, 6.07) is 6.90. The van der Waals surface area contributed by atoms with Gasteiger partial charge in [0.1, 0.15) is 5.82 Å². The van der Waals surface area contributed by atoms with Crippen molar-refractivity contribution in [2.75, 3.05) is 44.7 Å². The first-order chi connectivity index (χ1) is 12.2. The van der Waals surface area contributed by atoms with E-state index in [-0.39, 0.29) is 5.82 Å². The second-order valence-electron chi connectivity index (χ2n) is 5.88. The summed E-state index contributed by atoms with van der Waals surface area (Å²) >= 11 is 0. The van der Waals surface area contributed by atoms with Crippen molar-refractivity contribution in [3.8, 4) is 0 Å². The summed E-state index contributed by atoms with van der Waals surface area (Å²) in [4.78, 5) is 12.8. The van der Waals surface area contributed by atoms with Crippen LogP contribution in [0, 0.1) is 12.7 Å². The van der Waals surface area contributed by atoms with Gasteiger partial charge in [-0.1, -0.05) is 17.3 Å². The number of aromatic nitrogens is 2. The Balaban J connectivity index is 1.49. The normalized spacial score (nSPS) is 15.6. The summed E-state index contributed by atoms with van der Waals surface area (Å²) in [6.07, 6.45) is 0.648. The number of halogens is 1. The van der Waals surface area contributed by atoms with Crippen molar-refractivity contribution in [3.63, 3.8) is 0 Å². The molecule has 1 saturated heterocycles. The molecule has 0 saturated carbocycles. The predicted molar refractivity (Wildman–Crippen MR) is 94.3 cm³/mol. The molecule has 0 bridgehead atoms. The quantitative estimate of drug-likeness (QED) is 0.668. The molecule has 25 heavy (non-hydrogen) atoms. The van der Waals surface area contributed by atoms with Crippen molar-refractivity contribution in [1.29, 1.82) is 0 Å². The summed E-state index contributed by atoms with van der Waals surface area (Å²) in [7, 11) is 1.77.